The van der Waals surface area contributed by atoms with Crippen molar-refractivity contribution in [2.45, 2.75) is 58.1 Å². The van der Waals surface area contributed by atoms with E-state index in [1.165, 1.54) is 12.1 Å². The first-order valence-electron chi connectivity index (χ1n) is 11.0. The van der Waals surface area contributed by atoms with Gasteiger partial charge in [0.25, 0.3) is 0 Å². The van der Waals surface area contributed by atoms with Gasteiger partial charge in [0.1, 0.15) is 23.1 Å². The molecule has 2 aromatic carbocycles. The van der Waals surface area contributed by atoms with Crippen LogP contribution in [0, 0.1) is 12.7 Å². The predicted octanol–water partition coefficient (Wildman–Crippen LogP) is 5.19. The van der Waals surface area contributed by atoms with Gasteiger partial charge in [-0.05, 0) is 58.4 Å². The minimum Gasteiger partial charge on any atom is -0.384 e. The molecule has 1 amide bonds. The van der Waals surface area contributed by atoms with Crippen molar-refractivity contribution < 1.29 is 23.1 Å². The molecule has 2 N–H and O–H groups in total. The molecule has 1 aromatic heterocycles. The van der Waals surface area contributed by atoms with Gasteiger partial charge in [0.05, 0.1) is 23.0 Å². The minimum absolute atomic E-state index is 0.00733. The Morgan fingerprint density at radius 1 is 1.21 bits per heavy atom. The summed E-state index contributed by atoms with van der Waals surface area (Å²) in [5, 5.41) is 13.7. The summed E-state index contributed by atoms with van der Waals surface area (Å²) in [6.07, 6.45) is 0. The fourth-order valence-corrected chi connectivity index (χ4v) is 4.33. The number of benzene rings is 2. The molecule has 0 saturated heterocycles. The van der Waals surface area contributed by atoms with E-state index in [2.05, 4.69) is 15.3 Å². The number of carbonyl (C=O) groups excluding carboxylic acids is 1. The third-order valence-electron chi connectivity index (χ3n) is 6.44. The molecule has 34 heavy (non-hydrogen) atoms. The first-order chi connectivity index (χ1) is 15.7. The molecule has 3 aromatic rings. The lowest BCUT2D eigenvalue weighted by molar-refractivity contribution is -0.170. The van der Waals surface area contributed by atoms with Crippen LogP contribution in [0.3, 0.4) is 0 Å². The molecule has 0 bridgehead atoms. The van der Waals surface area contributed by atoms with Crippen molar-refractivity contribution in [3.8, 4) is 0 Å². The normalized spacial score (nSPS) is 17.3. The van der Waals surface area contributed by atoms with E-state index in [9.17, 15) is 18.7 Å². The largest absolute Gasteiger partial charge is 0.384 e. The van der Waals surface area contributed by atoms with Crippen molar-refractivity contribution >= 4 is 28.3 Å². The lowest BCUT2D eigenvalue weighted by atomic mass is 9.91. The molecule has 0 unspecified atom stereocenters. The smallest absolute Gasteiger partial charge is 0.303 e. The molecule has 6 nitrogen and oxygen atoms in total. The number of aryl methyl sites for hydroxylation is 1. The zero-order chi connectivity index (χ0) is 25.2. The van der Waals surface area contributed by atoms with E-state index >= 15 is 4.39 Å². The van der Waals surface area contributed by atoms with E-state index in [0.717, 1.165) is 31.2 Å². The van der Waals surface area contributed by atoms with E-state index in [-0.39, 0.29) is 17.4 Å². The molecule has 2 atom stereocenters. The Kier molecular flexibility index (Phi) is 5.59. The number of aromatic nitrogens is 2. The van der Waals surface area contributed by atoms with Gasteiger partial charge < -0.3 is 15.3 Å². The number of aliphatic hydroxyl groups is 1. The molecule has 9 heteroatoms. The van der Waals surface area contributed by atoms with Crippen LogP contribution in [-0.2, 0) is 10.7 Å². The summed E-state index contributed by atoms with van der Waals surface area (Å²) >= 11 is 0. The highest BCUT2D eigenvalue weighted by atomic mass is 19.3. The van der Waals surface area contributed by atoms with Crippen molar-refractivity contribution in [3.63, 3.8) is 0 Å². The zero-order valence-corrected chi connectivity index (χ0v) is 19.9. The number of nitrogens with one attached hydrogen (secondary N) is 1. The van der Waals surface area contributed by atoms with E-state index in [0.29, 0.717) is 22.5 Å². The summed E-state index contributed by atoms with van der Waals surface area (Å²) in [6.45, 7) is 7.08. The van der Waals surface area contributed by atoms with Crippen LogP contribution in [0.25, 0.3) is 10.9 Å². The third-order valence-corrected chi connectivity index (χ3v) is 6.44. The second-order valence-electron chi connectivity index (χ2n) is 9.37. The van der Waals surface area contributed by atoms with Gasteiger partial charge in [-0.3, -0.25) is 4.79 Å². The van der Waals surface area contributed by atoms with Crippen LogP contribution in [0.5, 0.6) is 0 Å². The molecule has 0 spiro atoms. The highest BCUT2D eigenvalue weighted by Crippen LogP contribution is 2.42. The summed E-state index contributed by atoms with van der Waals surface area (Å²) in [5.74, 6) is -4.33. The number of carbonyl (C=O) groups is 1. The Morgan fingerprint density at radius 2 is 1.88 bits per heavy atom. The lowest BCUT2D eigenvalue weighted by Crippen LogP contribution is -2.41. The van der Waals surface area contributed by atoms with Crippen LogP contribution in [-0.4, -0.2) is 33.6 Å². The van der Waals surface area contributed by atoms with Gasteiger partial charge in [0.2, 0.25) is 5.91 Å². The van der Waals surface area contributed by atoms with Gasteiger partial charge in [0.15, 0.2) is 0 Å². The second-order valence-corrected chi connectivity index (χ2v) is 9.37. The standard InChI is InChI=1S/C25H27F3N4O2/c1-12-16-10-19-17(11-20(16)32(6)23(12)33)22(31-14(3)30-19)29-13(2)15-8-7-9-18(21(15)26)25(27,28)24(4,5)34/h7-13,34H,1-6H3,(H,29,30,31)/t12-,13-/m1/s1. The summed E-state index contributed by atoms with van der Waals surface area (Å²) in [6, 6.07) is 6.66. The molecule has 0 radical (unpaired) electrons. The number of amides is 1. The first-order valence-corrected chi connectivity index (χ1v) is 11.0. The van der Waals surface area contributed by atoms with Crippen molar-refractivity contribution in [1.29, 1.82) is 0 Å². The quantitative estimate of drug-likeness (QED) is 0.534. The van der Waals surface area contributed by atoms with Crippen LogP contribution in [0.4, 0.5) is 24.7 Å². The number of likely N-dealkylation sites (N-methyl/N-ethyl adjacent to an activating group) is 1. The summed E-state index contributed by atoms with van der Waals surface area (Å²) in [4.78, 5) is 23.0. The number of hydrogen-bond acceptors (Lipinski definition) is 5. The van der Waals surface area contributed by atoms with Gasteiger partial charge in [-0.2, -0.15) is 8.78 Å². The van der Waals surface area contributed by atoms with Gasteiger partial charge in [-0.1, -0.05) is 12.1 Å². The van der Waals surface area contributed by atoms with Crippen LogP contribution in [0.2, 0.25) is 0 Å². The number of alkyl halides is 2. The highest BCUT2D eigenvalue weighted by Gasteiger charge is 2.49. The number of fused-ring (bicyclic) bond motifs is 2. The lowest BCUT2D eigenvalue weighted by Gasteiger charge is -2.30. The van der Waals surface area contributed by atoms with E-state index in [4.69, 9.17) is 0 Å². The van der Waals surface area contributed by atoms with Gasteiger partial charge in [-0.25, -0.2) is 14.4 Å². The van der Waals surface area contributed by atoms with E-state index < -0.39 is 28.9 Å². The molecule has 0 aliphatic carbocycles. The van der Waals surface area contributed by atoms with Gasteiger partial charge >= 0.3 is 5.92 Å². The highest BCUT2D eigenvalue weighted by molar-refractivity contribution is 6.07. The number of nitrogens with zero attached hydrogens (tertiary/aromatic N) is 3. The molecule has 0 saturated carbocycles. The average molecular weight is 473 g/mol. The summed E-state index contributed by atoms with van der Waals surface area (Å²) in [7, 11) is 1.70. The van der Waals surface area contributed by atoms with Crippen LogP contribution < -0.4 is 10.2 Å². The molecule has 4 rings (SSSR count). The number of anilines is 2. The monoisotopic (exact) mass is 472 g/mol. The zero-order valence-electron chi connectivity index (χ0n) is 19.9. The third kappa shape index (κ3) is 3.68. The molecule has 1 aliphatic heterocycles. The summed E-state index contributed by atoms with van der Waals surface area (Å²) in [5.41, 5.74) is -1.08. The minimum atomic E-state index is -3.79. The van der Waals surface area contributed by atoms with Crippen molar-refractivity contribution in [2.24, 2.45) is 0 Å². The van der Waals surface area contributed by atoms with Gasteiger partial charge in [-0.15, -0.1) is 0 Å². The maximum atomic E-state index is 15.3. The number of rotatable bonds is 5. The molecular weight excluding hydrogens is 445 g/mol. The van der Waals surface area contributed by atoms with Crippen LogP contribution in [0.15, 0.2) is 30.3 Å². The molecule has 180 valence electrons. The maximum absolute atomic E-state index is 15.3. The van der Waals surface area contributed by atoms with Crippen LogP contribution >= 0.6 is 0 Å². The number of halogens is 3. The second kappa shape index (κ2) is 7.94. The molecule has 0 fully saturated rings. The Balaban J connectivity index is 1.77. The van der Waals surface area contributed by atoms with E-state index in [1.54, 1.807) is 25.8 Å². The molecule has 1 aliphatic rings. The Hall–Kier alpha value is -3.20. The maximum Gasteiger partial charge on any atom is 0.303 e. The SMILES string of the molecule is Cc1nc(N[C@H](C)c2cccc(C(F)(F)C(C)(C)O)c2F)c2cc3c(cc2n1)[C@@H](C)C(=O)N3C. The molecular formula is C25H27F3N4O2. The fraction of sp³-hybridized carbons (Fsp3) is 0.400. The predicted molar refractivity (Wildman–Crippen MR) is 125 cm³/mol. The first kappa shape index (κ1) is 23.9. The molecule has 2 heterocycles. The van der Waals surface area contributed by atoms with Crippen LogP contribution in [0.1, 0.15) is 62.2 Å². The number of hydrogen-bond donors (Lipinski definition) is 2. The van der Waals surface area contributed by atoms with E-state index in [1.807, 2.05) is 19.1 Å². The Bertz CT molecular complexity index is 1300. The Labute approximate surface area is 195 Å². The topological polar surface area (TPSA) is 78.4 Å². The van der Waals surface area contributed by atoms with Crippen molar-refractivity contribution in [1.82, 2.24) is 9.97 Å². The van der Waals surface area contributed by atoms with Crippen molar-refractivity contribution in [3.05, 3.63) is 58.7 Å². The van der Waals surface area contributed by atoms with Gasteiger partial charge in [0, 0.05) is 23.7 Å². The van der Waals surface area contributed by atoms with Crippen molar-refractivity contribution in [2.75, 3.05) is 17.3 Å². The fourth-order valence-electron chi connectivity index (χ4n) is 4.33. The average Bonchev–Trinajstić information content (AvgIpc) is 2.95. The summed E-state index contributed by atoms with van der Waals surface area (Å²) < 4.78 is 44.7. The Morgan fingerprint density at radius 3 is 2.53 bits per heavy atom.